The topological polar surface area (TPSA) is 48.0 Å². The fourth-order valence-corrected chi connectivity index (χ4v) is 3.87. The van der Waals surface area contributed by atoms with E-state index >= 15 is 0 Å². The summed E-state index contributed by atoms with van der Waals surface area (Å²) < 4.78 is 29.0. The van der Waals surface area contributed by atoms with Gasteiger partial charge in [-0.3, -0.25) is 4.98 Å². The number of halogens is 1. The average Bonchev–Trinajstić information content (AvgIpc) is 2.52. The molecule has 0 aliphatic heterocycles. The third-order valence-electron chi connectivity index (χ3n) is 4.70. The summed E-state index contributed by atoms with van der Waals surface area (Å²) in [6.45, 7) is 5.90. The maximum absolute atomic E-state index is 13.3. The second-order valence-corrected chi connectivity index (χ2v) is 9.61. The molecule has 5 heteroatoms. The van der Waals surface area contributed by atoms with Gasteiger partial charge in [-0.2, -0.15) is 0 Å². The Kier molecular flexibility index (Phi) is 5.46. The van der Waals surface area contributed by atoms with Crippen molar-refractivity contribution in [1.82, 2.24) is 9.71 Å². The van der Waals surface area contributed by atoms with E-state index in [0.717, 1.165) is 29.7 Å². The molecule has 1 saturated carbocycles. The van der Waals surface area contributed by atoms with E-state index in [1.165, 1.54) is 18.6 Å². The number of nitrogens with one attached hydrogen (secondary N) is 1. The van der Waals surface area contributed by atoms with Crippen molar-refractivity contribution < 1.29 is 8.94 Å². The highest BCUT2D eigenvalue weighted by Gasteiger charge is 2.37. The fraction of sp³-hybridized carbons (Fsp3) is 0.450. The zero-order valence-electron chi connectivity index (χ0n) is 15.0. The van der Waals surface area contributed by atoms with E-state index in [2.05, 4.69) is 9.71 Å². The van der Waals surface area contributed by atoms with E-state index in [9.17, 15) is 8.94 Å². The molecule has 0 spiro atoms. The summed E-state index contributed by atoms with van der Waals surface area (Å²) in [6, 6.07) is 10.3. The van der Waals surface area contributed by atoms with Gasteiger partial charge in [0, 0.05) is 23.1 Å². The van der Waals surface area contributed by atoms with Gasteiger partial charge in [0.15, 0.2) is 0 Å². The van der Waals surface area contributed by atoms with Crippen LogP contribution in [0, 0.1) is 11.7 Å². The summed E-state index contributed by atoms with van der Waals surface area (Å²) in [5.41, 5.74) is 2.80. The van der Waals surface area contributed by atoms with Crippen molar-refractivity contribution in [3.63, 3.8) is 0 Å². The summed E-state index contributed by atoms with van der Waals surface area (Å²) in [4.78, 5) is 4.63. The number of nitrogens with zero attached hydrogens (tertiary/aromatic N) is 1. The Morgan fingerprint density at radius 3 is 2.44 bits per heavy atom. The molecule has 2 atom stereocenters. The molecular weight excluding hydrogens is 335 g/mol. The van der Waals surface area contributed by atoms with Crippen molar-refractivity contribution in [1.29, 1.82) is 0 Å². The first-order valence-electron chi connectivity index (χ1n) is 8.75. The molecule has 0 radical (unpaired) electrons. The first kappa shape index (κ1) is 18.4. The van der Waals surface area contributed by atoms with Crippen LogP contribution >= 0.6 is 0 Å². The Balaban J connectivity index is 1.97. The van der Waals surface area contributed by atoms with Crippen LogP contribution in [0.3, 0.4) is 0 Å². The lowest BCUT2D eigenvalue weighted by atomic mass is 9.77. The molecule has 1 heterocycles. The molecule has 134 valence electrons. The van der Waals surface area contributed by atoms with Gasteiger partial charge in [0.1, 0.15) is 10.6 Å². The van der Waals surface area contributed by atoms with Gasteiger partial charge < -0.3 is 4.55 Å². The van der Waals surface area contributed by atoms with Gasteiger partial charge in [0.2, 0.25) is 0 Å². The van der Waals surface area contributed by atoms with Crippen LogP contribution in [-0.4, -0.2) is 14.3 Å². The van der Waals surface area contributed by atoms with Crippen LogP contribution in [-0.2, 0) is 11.4 Å². The number of aromatic nitrogens is 1. The first-order chi connectivity index (χ1) is 11.9. The molecule has 1 aliphatic rings. The Hall–Kier alpha value is -1.43. The second-order valence-electron chi connectivity index (χ2n) is 7.61. The predicted molar refractivity (Wildman–Crippen MR) is 101 cm³/mol. The molecule has 3 nitrogen and oxygen atoms in total. The average molecular weight is 360 g/mol. The van der Waals surface area contributed by atoms with Crippen molar-refractivity contribution in [3.05, 3.63) is 54.1 Å². The first-order valence-corrected chi connectivity index (χ1v) is 9.90. The molecule has 0 bridgehead atoms. The smallest absolute Gasteiger partial charge is 0.136 e. The number of hydrogen-bond acceptors (Lipinski definition) is 3. The van der Waals surface area contributed by atoms with Crippen LogP contribution in [0.15, 0.2) is 42.6 Å². The summed E-state index contributed by atoms with van der Waals surface area (Å²) >= 11 is -1.17. The minimum absolute atomic E-state index is 0.0601. The minimum atomic E-state index is -1.17. The molecule has 0 saturated heterocycles. The van der Waals surface area contributed by atoms with Gasteiger partial charge >= 0.3 is 0 Å². The van der Waals surface area contributed by atoms with E-state index in [-0.39, 0.29) is 16.6 Å². The van der Waals surface area contributed by atoms with Gasteiger partial charge in [-0.05, 0) is 63.3 Å². The molecule has 0 amide bonds. The van der Waals surface area contributed by atoms with Crippen LogP contribution in [0.1, 0.15) is 51.8 Å². The summed E-state index contributed by atoms with van der Waals surface area (Å²) in [5.74, 6) is 0.178. The van der Waals surface area contributed by atoms with Gasteiger partial charge in [0.25, 0.3) is 0 Å². The number of rotatable bonds is 5. The molecule has 1 fully saturated rings. The monoisotopic (exact) mass is 360 g/mol. The highest BCUT2D eigenvalue weighted by atomic mass is 32.2. The molecule has 1 aromatic carbocycles. The number of pyridine rings is 1. The van der Waals surface area contributed by atoms with Gasteiger partial charge in [-0.25, -0.2) is 4.39 Å². The zero-order valence-corrected chi connectivity index (χ0v) is 15.8. The molecule has 1 aliphatic carbocycles. The highest BCUT2D eigenvalue weighted by Crippen LogP contribution is 2.41. The molecule has 2 aromatic rings. The normalized spacial score (nSPS) is 17.8. The zero-order chi connectivity index (χ0) is 18.0. The molecule has 1 N–H and O–H groups in total. The van der Waals surface area contributed by atoms with Crippen LogP contribution in [0.25, 0.3) is 11.1 Å². The summed E-state index contributed by atoms with van der Waals surface area (Å²) in [5, 5.41) is 0. The second kappa shape index (κ2) is 7.44. The van der Waals surface area contributed by atoms with Crippen molar-refractivity contribution in [2.75, 3.05) is 0 Å². The maximum Gasteiger partial charge on any atom is 0.136 e. The van der Waals surface area contributed by atoms with Crippen molar-refractivity contribution in [2.45, 2.75) is 50.8 Å². The Morgan fingerprint density at radius 2 is 1.88 bits per heavy atom. The number of benzene rings is 1. The van der Waals surface area contributed by atoms with E-state index in [1.807, 2.05) is 32.9 Å². The third-order valence-corrected chi connectivity index (χ3v) is 6.28. The van der Waals surface area contributed by atoms with Gasteiger partial charge in [0.05, 0.1) is 11.7 Å². The van der Waals surface area contributed by atoms with Crippen LogP contribution in [0.5, 0.6) is 0 Å². The summed E-state index contributed by atoms with van der Waals surface area (Å²) in [7, 11) is 0. The van der Waals surface area contributed by atoms with E-state index in [1.54, 1.807) is 18.3 Å². The maximum atomic E-state index is 13.3. The van der Waals surface area contributed by atoms with Crippen LogP contribution < -0.4 is 4.72 Å². The van der Waals surface area contributed by atoms with Crippen molar-refractivity contribution in [2.24, 2.45) is 5.92 Å². The number of hydrogen-bond donors (Lipinski definition) is 1. The van der Waals surface area contributed by atoms with Gasteiger partial charge in [-0.15, -0.1) is 4.72 Å². The fourth-order valence-electron chi connectivity index (χ4n) is 2.98. The van der Waals surface area contributed by atoms with Crippen molar-refractivity contribution >= 4 is 11.4 Å². The Bertz CT molecular complexity index is 710. The van der Waals surface area contributed by atoms with E-state index < -0.39 is 11.4 Å². The SMILES string of the molecule is CC(C)(C)[S@+]([O-])NC(c1ncccc1-c1ccc(F)cc1)C1CCC1. The van der Waals surface area contributed by atoms with Crippen LogP contribution in [0.2, 0.25) is 0 Å². The molecule has 3 rings (SSSR count). The lowest BCUT2D eigenvalue weighted by molar-refractivity contribution is 0.247. The summed E-state index contributed by atoms with van der Waals surface area (Å²) in [6.07, 6.45) is 5.19. The molecule has 1 unspecified atom stereocenters. The lowest BCUT2D eigenvalue weighted by Gasteiger charge is -2.36. The van der Waals surface area contributed by atoms with E-state index in [4.69, 9.17) is 0 Å². The highest BCUT2D eigenvalue weighted by molar-refractivity contribution is 7.90. The third kappa shape index (κ3) is 4.22. The predicted octanol–water partition coefficient (Wildman–Crippen LogP) is 4.78. The lowest BCUT2D eigenvalue weighted by Crippen LogP contribution is -2.44. The van der Waals surface area contributed by atoms with Crippen molar-refractivity contribution in [3.8, 4) is 11.1 Å². The minimum Gasteiger partial charge on any atom is -0.598 e. The Labute approximate surface area is 152 Å². The standard InChI is InChI=1S/C20H25FN2OS/c1-20(2,3)25(24)23-18(15-6-4-7-15)19-17(8-5-13-22-19)14-9-11-16(21)12-10-14/h5,8-13,15,18,23H,4,6-7H2,1-3H3/t18?,25-/m0/s1. The van der Waals surface area contributed by atoms with Gasteiger partial charge in [-0.1, -0.05) is 24.6 Å². The van der Waals surface area contributed by atoms with E-state index in [0.29, 0.717) is 5.92 Å². The molecule has 1 aromatic heterocycles. The molecular formula is C20H25FN2OS. The van der Waals surface area contributed by atoms with Crippen LogP contribution in [0.4, 0.5) is 4.39 Å². The quantitative estimate of drug-likeness (QED) is 0.781. The molecule has 25 heavy (non-hydrogen) atoms. The largest absolute Gasteiger partial charge is 0.598 e. The Morgan fingerprint density at radius 1 is 1.20 bits per heavy atom.